The molecule has 30 heavy (non-hydrogen) atoms. The number of nitrogens with one attached hydrogen (secondary N) is 2. The summed E-state index contributed by atoms with van der Waals surface area (Å²) in [5.74, 6) is -1.02. The normalized spacial score (nSPS) is 13.3. The topological polar surface area (TPSA) is 152 Å². The minimum Gasteiger partial charge on any atom is -0.444 e. The summed E-state index contributed by atoms with van der Waals surface area (Å²) in [6.07, 6.45) is 0.118. The second-order valence-electron chi connectivity index (χ2n) is 8.68. The predicted molar refractivity (Wildman–Crippen MR) is 114 cm³/mol. The van der Waals surface area contributed by atoms with E-state index in [1.165, 1.54) is 13.3 Å². The number of primary amides is 1. The Bertz CT molecular complexity index is 620. The summed E-state index contributed by atoms with van der Waals surface area (Å²) in [7, 11) is 3.51. The summed E-state index contributed by atoms with van der Waals surface area (Å²) in [4.78, 5) is 49.7. The molecule has 0 radical (unpaired) electrons. The molecule has 174 valence electrons. The third kappa shape index (κ3) is 18.5. The molecule has 11 heteroatoms. The summed E-state index contributed by atoms with van der Waals surface area (Å²) in [5, 5.41) is 4.72. The maximum Gasteiger partial charge on any atom is 0.408 e. The molecule has 0 saturated heterocycles. The van der Waals surface area contributed by atoms with Crippen molar-refractivity contribution in [2.45, 2.75) is 78.7 Å². The Balaban J connectivity index is 0. The summed E-state index contributed by atoms with van der Waals surface area (Å²) >= 11 is 0. The van der Waals surface area contributed by atoms with Crippen molar-refractivity contribution in [3.05, 3.63) is 0 Å². The largest absolute Gasteiger partial charge is 0.444 e. The third-order valence-corrected chi connectivity index (χ3v) is 2.68. The maximum absolute atomic E-state index is 11.5. The average molecular weight is 432 g/mol. The fraction of sp³-hybridized carbons (Fsp3) is 0.737. The lowest BCUT2D eigenvalue weighted by Gasteiger charge is -2.21. The van der Waals surface area contributed by atoms with E-state index in [1.807, 2.05) is 0 Å². The van der Waals surface area contributed by atoms with Crippen LogP contribution in [-0.4, -0.2) is 72.6 Å². The number of aliphatic imine (C=N–C) groups is 1. The number of amides is 4. The molecule has 2 atom stereocenters. The van der Waals surface area contributed by atoms with E-state index >= 15 is 0 Å². The lowest BCUT2D eigenvalue weighted by Crippen LogP contribution is -2.44. The molecule has 0 heterocycles. The molecule has 0 aromatic carbocycles. The summed E-state index contributed by atoms with van der Waals surface area (Å²) in [6, 6.07) is -1.42. The van der Waals surface area contributed by atoms with E-state index < -0.39 is 47.3 Å². The molecule has 4 N–H and O–H groups in total. The quantitative estimate of drug-likeness (QED) is 0.439. The number of rotatable bonds is 5. The molecule has 11 nitrogen and oxygen atoms in total. The fourth-order valence-corrected chi connectivity index (χ4v) is 1.39. The Morgan fingerprint density at radius 2 is 1.23 bits per heavy atom. The van der Waals surface area contributed by atoms with Crippen LogP contribution in [0.15, 0.2) is 4.99 Å². The van der Waals surface area contributed by atoms with Crippen LogP contribution in [0, 0.1) is 0 Å². The molecular weight excluding hydrogens is 394 g/mol. The molecule has 0 spiro atoms. The first-order valence-electron chi connectivity index (χ1n) is 9.37. The van der Waals surface area contributed by atoms with Crippen molar-refractivity contribution in [1.82, 2.24) is 15.5 Å². The first-order chi connectivity index (χ1) is 13.3. The van der Waals surface area contributed by atoms with Crippen LogP contribution < -0.4 is 16.4 Å². The molecule has 0 aliphatic rings. The van der Waals surface area contributed by atoms with Crippen LogP contribution in [0.1, 0.15) is 55.4 Å². The van der Waals surface area contributed by atoms with Gasteiger partial charge in [0.25, 0.3) is 5.91 Å². The molecule has 0 aliphatic heterocycles. The molecule has 0 aliphatic carbocycles. The lowest BCUT2D eigenvalue weighted by atomic mass is 10.2. The molecular formula is C19H37N5O6. The first kappa shape index (κ1) is 29.4. The van der Waals surface area contributed by atoms with Crippen LogP contribution in [0.3, 0.4) is 0 Å². The second kappa shape index (κ2) is 12.7. The first-order valence-corrected chi connectivity index (χ1v) is 9.37. The van der Waals surface area contributed by atoms with E-state index in [9.17, 15) is 19.2 Å². The number of carbonyl (C=O) groups is 4. The zero-order valence-electron chi connectivity index (χ0n) is 19.7. The number of nitrogens with two attached hydrogens (primary N) is 1. The van der Waals surface area contributed by atoms with Crippen molar-refractivity contribution < 1.29 is 28.7 Å². The Labute approximate surface area is 178 Å². The van der Waals surface area contributed by atoms with Gasteiger partial charge in [-0.25, -0.2) is 14.6 Å². The van der Waals surface area contributed by atoms with Gasteiger partial charge in [-0.2, -0.15) is 0 Å². The van der Waals surface area contributed by atoms with E-state index in [1.54, 1.807) is 67.5 Å². The van der Waals surface area contributed by atoms with Crippen molar-refractivity contribution in [3.8, 4) is 0 Å². The van der Waals surface area contributed by atoms with Gasteiger partial charge in [0, 0.05) is 14.1 Å². The number of nitrogens with zero attached hydrogens (tertiary/aromatic N) is 2. The second-order valence-corrected chi connectivity index (χ2v) is 8.68. The number of ether oxygens (including phenoxy) is 2. The standard InChI is InChI=1S/C11H21N3O3.C8H16N2O3/c1-8(9(15)12-7-14(5)6)13-10(16)17-11(2,3)4;1-5(6(9)11)10-7(12)13-8(2,3)4/h7-8H,1-6H3,(H,13,16);5H,1-4H3,(H2,9,11)(H,10,12)/t8-;5-/m00/s1. The van der Waals surface area contributed by atoms with E-state index in [0.29, 0.717) is 0 Å². The minimum absolute atomic E-state index is 0.426. The van der Waals surface area contributed by atoms with Gasteiger partial charge in [0.1, 0.15) is 23.3 Å². The smallest absolute Gasteiger partial charge is 0.408 e. The summed E-state index contributed by atoms with van der Waals surface area (Å²) < 4.78 is 9.92. The number of hydrogen-bond acceptors (Lipinski definition) is 6. The third-order valence-electron chi connectivity index (χ3n) is 2.68. The highest BCUT2D eigenvalue weighted by atomic mass is 16.6. The van der Waals surface area contributed by atoms with Crippen molar-refractivity contribution in [3.63, 3.8) is 0 Å². The lowest BCUT2D eigenvalue weighted by molar-refractivity contribution is -0.120. The fourth-order valence-electron chi connectivity index (χ4n) is 1.39. The van der Waals surface area contributed by atoms with Crippen LogP contribution in [-0.2, 0) is 19.1 Å². The molecule has 0 bridgehead atoms. The average Bonchev–Trinajstić information content (AvgIpc) is 2.48. The zero-order valence-corrected chi connectivity index (χ0v) is 19.7. The Hall–Kier alpha value is -2.85. The van der Waals surface area contributed by atoms with Crippen LogP contribution >= 0.6 is 0 Å². The van der Waals surface area contributed by atoms with Gasteiger partial charge < -0.3 is 30.7 Å². The zero-order chi connectivity index (χ0) is 24.3. The Morgan fingerprint density at radius 3 is 1.53 bits per heavy atom. The van der Waals surface area contributed by atoms with Gasteiger partial charge in [0.2, 0.25) is 5.91 Å². The molecule has 0 unspecified atom stereocenters. The molecule has 0 saturated carbocycles. The van der Waals surface area contributed by atoms with E-state index in [2.05, 4.69) is 15.6 Å². The van der Waals surface area contributed by atoms with Crippen LogP contribution in [0.25, 0.3) is 0 Å². The van der Waals surface area contributed by atoms with Gasteiger partial charge in [-0.05, 0) is 55.4 Å². The van der Waals surface area contributed by atoms with Crippen LogP contribution in [0.4, 0.5) is 9.59 Å². The number of alkyl carbamates (subject to hydrolysis) is 2. The molecule has 0 fully saturated rings. The number of carbonyl (C=O) groups excluding carboxylic acids is 4. The van der Waals surface area contributed by atoms with E-state index in [0.717, 1.165) is 0 Å². The van der Waals surface area contributed by atoms with Gasteiger partial charge >= 0.3 is 12.2 Å². The summed E-state index contributed by atoms with van der Waals surface area (Å²) in [5.41, 5.74) is 3.79. The minimum atomic E-state index is -0.713. The van der Waals surface area contributed by atoms with Crippen molar-refractivity contribution in [2.24, 2.45) is 10.7 Å². The SMILES string of the molecule is C[C@H](NC(=O)OC(C)(C)C)C(=O)N=CN(C)C.C[C@H](NC(=O)OC(C)(C)C)C(N)=O. The maximum atomic E-state index is 11.5. The van der Waals surface area contributed by atoms with Gasteiger partial charge in [-0.15, -0.1) is 0 Å². The number of hydrogen-bond donors (Lipinski definition) is 3. The van der Waals surface area contributed by atoms with E-state index in [-0.39, 0.29) is 0 Å². The van der Waals surface area contributed by atoms with E-state index in [4.69, 9.17) is 15.2 Å². The van der Waals surface area contributed by atoms with Crippen molar-refractivity contribution in [1.29, 1.82) is 0 Å². The predicted octanol–water partition coefficient (Wildman–Crippen LogP) is 1.40. The van der Waals surface area contributed by atoms with Crippen molar-refractivity contribution in [2.75, 3.05) is 14.1 Å². The molecule has 0 rings (SSSR count). The highest BCUT2D eigenvalue weighted by Crippen LogP contribution is 2.07. The van der Waals surface area contributed by atoms with Gasteiger partial charge in [-0.3, -0.25) is 9.59 Å². The molecule has 0 aromatic heterocycles. The Kier molecular flexibility index (Phi) is 12.4. The highest BCUT2D eigenvalue weighted by Gasteiger charge is 2.21. The van der Waals surface area contributed by atoms with Crippen molar-refractivity contribution >= 4 is 30.3 Å². The highest BCUT2D eigenvalue weighted by molar-refractivity contribution is 5.90. The summed E-state index contributed by atoms with van der Waals surface area (Å²) in [6.45, 7) is 13.5. The van der Waals surface area contributed by atoms with Gasteiger partial charge in [-0.1, -0.05) is 0 Å². The van der Waals surface area contributed by atoms with Gasteiger partial charge in [0.15, 0.2) is 0 Å². The monoisotopic (exact) mass is 431 g/mol. The van der Waals surface area contributed by atoms with Crippen LogP contribution in [0.5, 0.6) is 0 Å². The molecule has 4 amide bonds. The molecule has 0 aromatic rings. The van der Waals surface area contributed by atoms with Gasteiger partial charge in [0.05, 0.1) is 6.34 Å². The van der Waals surface area contributed by atoms with Crippen LogP contribution in [0.2, 0.25) is 0 Å². The Morgan fingerprint density at radius 1 is 0.867 bits per heavy atom.